The number of hydroxylamine groups is 2. The van der Waals surface area contributed by atoms with Crippen LogP contribution in [-0.4, -0.2) is 36.8 Å². The minimum absolute atomic E-state index is 0.126. The van der Waals surface area contributed by atoms with Crippen LogP contribution in [0.25, 0.3) is 0 Å². The van der Waals surface area contributed by atoms with Gasteiger partial charge in [-0.15, -0.1) is 6.58 Å². The van der Waals surface area contributed by atoms with Crippen LogP contribution in [0.4, 0.5) is 0 Å². The molecule has 106 valence electrons. The van der Waals surface area contributed by atoms with E-state index < -0.39 is 0 Å². The van der Waals surface area contributed by atoms with E-state index in [1.807, 2.05) is 37.3 Å². The number of methoxy groups -OCH3 is 1. The van der Waals surface area contributed by atoms with E-state index in [9.17, 15) is 5.21 Å². The van der Waals surface area contributed by atoms with Crippen molar-refractivity contribution in [3.8, 4) is 0 Å². The first-order valence-electron chi connectivity index (χ1n) is 6.37. The minimum Gasteiger partial charge on any atom is -0.359 e. The molecule has 1 rings (SSSR count). The topological polar surface area (TPSA) is 41.9 Å². The van der Waals surface area contributed by atoms with Crippen molar-refractivity contribution in [3.05, 3.63) is 48.6 Å². The lowest BCUT2D eigenvalue weighted by Gasteiger charge is -2.28. The van der Waals surface area contributed by atoms with Gasteiger partial charge in [0.15, 0.2) is 0 Å². The van der Waals surface area contributed by atoms with Gasteiger partial charge in [-0.05, 0) is 5.56 Å². The Morgan fingerprint density at radius 3 is 2.63 bits per heavy atom. The summed E-state index contributed by atoms with van der Waals surface area (Å²) < 4.78 is 10.2. The summed E-state index contributed by atoms with van der Waals surface area (Å²) >= 11 is 0. The summed E-state index contributed by atoms with van der Waals surface area (Å²) in [7, 11) is 1.59. The zero-order valence-corrected chi connectivity index (χ0v) is 11.7. The molecule has 0 saturated heterocycles. The van der Waals surface area contributed by atoms with E-state index in [0.717, 1.165) is 5.56 Å². The van der Waals surface area contributed by atoms with Crippen molar-refractivity contribution >= 4 is 0 Å². The average Bonchev–Trinajstić information content (AvgIpc) is 2.41. The molecule has 0 aliphatic carbocycles. The number of rotatable bonds is 9. The molecule has 0 bridgehead atoms. The van der Waals surface area contributed by atoms with Gasteiger partial charge in [-0.2, -0.15) is 5.06 Å². The van der Waals surface area contributed by atoms with E-state index in [2.05, 4.69) is 6.58 Å². The highest BCUT2D eigenvalue weighted by molar-refractivity contribution is 5.14. The molecule has 0 aromatic heterocycles. The molecule has 0 aliphatic heterocycles. The molecule has 0 heterocycles. The Kier molecular flexibility index (Phi) is 7.36. The quantitative estimate of drug-likeness (QED) is 0.322. The van der Waals surface area contributed by atoms with Gasteiger partial charge in [0.05, 0.1) is 12.6 Å². The fourth-order valence-electron chi connectivity index (χ4n) is 1.94. The Labute approximate surface area is 115 Å². The third-order valence-electron chi connectivity index (χ3n) is 2.94. The monoisotopic (exact) mass is 265 g/mol. The van der Waals surface area contributed by atoms with E-state index in [4.69, 9.17) is 9.47 Å². The van der Waals surface area contributed by atoms with E-state index in [1.165, 1.54) is 5.06 Å². The third-order valence-corrected chi connectivity index (χ3v) is 2.94. The Bertz CT molecular complexity index is 356. The summed E-state index contributed by atoms with van der Waals surface area (Å²) in [5.74, 6) is 0.126. The van der Waals surface area contributed by atoms with Crippen molar-refractivity contribution in [1.29, 1.82) is 0 Å². The van der Waals surface area contributed by atoms with Gasteiger partial charge < -0.3 is 14.7 Å². The summed E-state index contributed by atoms with van der Waals surface area (Å²) in [5.41, 5.74) is 1.06. The van der Waals surface area contributed by atoms with Crippen LogP contribution < -0.4 is 0 Å². The molecule has 0 spiro atoms. The van der Waals surface area contributed by atoms with Crippen molar-refractivity contribution in [2.45, 2.75) is 19.5 Å². The summed E-state index contributed by atoms with van der Waals surface area (Å²) in [6, 6.07) is 9.67. The molecule has 4 nitrogen and oxygen atoms in total. The number of ether oxygens (including phenoxy) is 2. The molecule has 0 aliphatic rings. The van der Waals surface area contributed by atoms with Crippen LogP contribution in [0, 0.1) is 5.92 Å². The molecule has 0 radical (unpaired) electrons. The molecule has 0 unspecified atom stereocenters. The predicted octanol–water partition coefficient (Wildman–Crippen LogP) is 2.69. The summed E-state index contributed by atoms with van der Waals surface area (Å²) in [6.07, 6.45) is 1.74. The SMILES string of the molecule is C=C[C@H]([C@@H](C)COCOC)N(O)Cc1ccccc1. The normalized spacial score (nSPS) is 14.3. The molecule has 1 aromatic rings. The zero-order valence-electron chi connectivity index (χ0n) is 11.7. The summed E-state index contributed by atoms with van der Waals surface area (Å²) in [4.78, 5) is 0. The predicted molar refractivity (Wildman–Crippen MR) is 74.7 cm³/mol. The highest BCUT2D eigenvalue weighted by Gasteiger charge is 2.20. The first kappa shape index (κ1) is 15.9. The maximum Gasteiger partial charge on any atom is 0.146 e. The smallest absolute Gasteiger partial charge is 0.146 e. The lowest BCUT2D eigenvalue weighted by Crippen LogP contribution is -2.37. The number of hydrogen-bond donors (Lipinski definition) is 1. The van der Waals surface area contributed by atoms with E-state index in [0.29, 0.717) is 13.2 Å². The van der Waals surface area contributed by atoms with Gasteiger partial charge in [0.2, 0.25) is 0 Å². The second-order valence-corrected chi connectivity index (χ2v) is 4.56. The van der Waals surface area contributed by atoms with Gasteiger partial charge in [-0.3, -0.25) is 0 Å². The molecule has 0 fully saturated rings. The number of hydrogen-bond acceptors (Lipinski definition) is 4. The standard InChI is InChI=1S/C15H23NO3/c1-4-15(13(2)11-19-12-18-3)16(17)10-14-8-6-5-7-9-14/h4-9,13,15,17H,1,10-12H2,2-3H3/t13-,15+/m0/s1. The van der Waals surface area contributed by atoms with Crippen molar-refractivity contribution in [2.24, 2.45) is 5.92 Å². The average molecular weight is 265 g/mol. The van der Waals surface area contributed by atoms with Crippen LogP contribution in [0.3, 0.4) is 0 Å². The van der Waals surface area contributed by atoms with Crippen LogP contribution in [-0.2, 0) is 16.0 Å². The van der Waals surface area contributed by atoms with Crippen LogP contribution in [0.15, 0.2) is 43.0 Å². The molecule has 2 atom stereocenters. The lowest BCUT2D eigenvalue weighted by molar-refractivity contribution is -0.144. The fourth-order valence-corrected chi connectivity index (χ4v) is 1.94. The highest BCUT2D eigenvalue weighted by atomic mass is 16.7. The molecule has 1 N–H and O–H groups in total. The van der Waals surface area contributed by atoms with Crippen molar-refractivity contribution in [3.63, 3.8) is 0 Å². The molecular formula is C15H23NO3. The van der Waals surface area contributed by atoms with Gasteiger partial charge in [0.25, 0.3) is 0 Å². The molecule has 1 aromatic carbocycles. The number of benzene rings is 1. The maximum atomic E-state index is 10.2. The van der Waals surface area contributed by atoms with Crippen LogP contribution in [0.2, 0.25) is 0 Å². The molecule has 4 heteroatoms. The fraction of sp³-hybridized carbons (Fsp3) is 0.467. The molecular weight excluding hydrogens is 242 g/mol. The first-order valence-corrected chi connectivity index (χ1v) is 6.37. The highest BCUT2D eigenvalue weighted by Crippen LogP contribution is 2.14. The van der Waals surface area contributed by atoms with E-state index in [-0.39, 0.29) is 18.8 Å². The first-order chi connectivity index (χ1) is 9.19. The van der Waals surface area contributed by atoms with Crippen molar-refractivity contribution < 1.29 is 14.7 Å². The van der Waals surface area contributed by atoms with Gasteiger partial charge in [-0.1, -0.05) is 43.3 Å². The molecule has 0 saturated carbocycles. The Morgan fingerprint density at radius 1 is 1.37 bits per heavy atom. The Morgan fingerprint density at radius 2 is 2.05 bits per heavy atom. The number of nitrogens with zero attached hydrogens (tertiary/aromatic N) is 1. The second-order valence-electron chi connectivity index (χ2n) is 4.56. The molecule has 0 amide bonds. The summed E-state index contributed by atoms with van der Waals surface area (Å²) in [6.45, 7) is 7.03. The second kappa shape index (κ2) is 8.82. The van der Waals surface area contributed by atoms with Crippen LogP contribution in [0.5, 0.6) is 0 Å². The van der Waals surface area contributed by atoms with Crippen molar-refractivity contribution in [2.75, 3.05) is 20.5 Å². The Hall–Kier alpha value is -1.20. The van der Waals surface area contributed by atoms with E-state index in [1.54, 1.807) is 13.2 Å². The van der Waals surface area contributed by atoms with Crippen LogP contribution >= 0.6 is 0 Å². The van der Waals surface area contributed by atoms with Gasteiger partial charge in [0, 0.05) is 19.6 Å². The third kappa shape index (κ3) is 5.53. The Balaban J connectivity index is 2.51. The van der Waals surface area contributed by atoms with E-state index >= 15 is 0 Å². The van der Waals surface area contributed by atoms with Gasteiger partial charge in [0.1, 0.15) is 6.79 Å². The van der Waals surface area contributed by atoms with Crippen molar-refractivity contribution in [1.82, 2.24) is 5.06 Å². The largest absolute Gasteiger partial charge is 0.359 e. The summed E-state index contributed by atoms with van der Waals surface area (Å²) in [5, 5.41) is 11.5. The van der Waals surface area contributed by atoms with Crippen LogP contribution in [0.1, 0.15) is 12.5 Å². The van der Waals surface area contributed by atoms with Gasteiger partial charge in [-0.25, -0.2) is 0 Å². The molecule has 19 heavy (non-hydrogen) atoms. The lowest BCUT2D eigenvalue weighted by atomic mass is 10.0. The zero-order chi connectivity index (χ0) is 14.1. The minimum atomic E-state index is -0.155. The van der Waals surface area contributed by atoms with Gasteiger partial charge >= 0.3 is 0 Å². The maximum absolute atomic E-state index is 10.2.